The van der Waals surface area contributed by atoms with Gasteiger partial charge >= 0.3 is 0 Å². The van der Waals surface area contributed by atoms with Crippen molar-refractivity contribution in [2.45, 2.75) is 24.4 Å². The van der Waals surface area contributed by atoms with Gasteiger partial charge in [0.2, 0.25) is 0 Å². The number of hydrogen-bond acceptors (Lipinski definition) is 5. The number of benzene rings is 2. The standard InChI is InChI=1S/C25H26N4O2S/c1-18-4-3-5-20(14-18)17-32-25-28-22-10-11-26-15-23(22)29(25)16-19-6-8-21(9-7-19)24(30)27-12-13-31-2/h3-11,14-15H,12-13,16-17H2,1-2H3,(H,27,30). The first kappa shape index (κ1) is 22.0. The van der Waals surface area contributed by atoms with Gasteiger partial charge < -0.3 is 14.6 Å². The minimum absolute atomic E-state index is 0.0970. The second-order valence-electron chi connectivity index (χ2n) is 7.57. The number of carbonyl (C=O) groups is 1. The summed E-state index contributed by atoms with van der Waals surface area (Å²) in [7, 11) is 1.61. The molecule has 2 aromatic carbocycles. The maximum atomic E-state index is 12.2. The van der Waals surface area contributed by atoms with Crippen LogP contribution < -0.4 is 5.32 Å². The van der Waals surface area contributed by atoms with E-state index in [1.807, 2.05) is 36.5 Å². The van der Waals surface area contributed by atoms with Crippen molar-refractivity contribution in [1.82, 2.24) is 19.9 Å². The fourth-order valence-corrected chi connectivity index (χ4v) is 4.43. The molecule has 1 amide bonds. The van der Waals surface area contributed by atoms with Gasteiger partial charge in [-0.05, 0) is 36.2 Å². The van der Waals surface area contributed by atoms with Gasteiger partial charge in [-0.2, -0.15) is 0 Å². The number of thioether (sulfide) groups is 1. The first-order valence-electron chi connectivity index (χ1n) is 10.5. The number of amides is 1. The molecule has 2 heterocycles. The maximum absolute atomic E-state index is 12.2. The van der Waals surface area contributed by atoms with Crippen molar-refractivity contribution in [3.8, 4) is 0 Å². The smallest absolute Gasteiger partial charge is 0.251 e. The average molecular weight is 447 g/mol. The largest absolute Gasteiger partial charge is 0.383 e. The molecule has 4 aromatic rings. The molecule has 0 spiro atoms. The van der Waals surface area contributed by atoms with E-state index in [9.17, 15) is 4.79 Å². The number of ether oxygens (including phenoxy) is 1. The second-order valence-corrected chi connectivity index (χ2v) is 8.51. The molecule has 0 bridgehead atoms. The third kappa shape index (κ3) is 5.36. The molecule has 0 saturated heterocycles. The number of imidazole rings is 1. The Labute approximate surface area is 192 Å². The summed E-state index contributed by atoms with van der Waals surface area (Å²) in [5.41, 5.74) is 6.19. The third-order valence-electron chi connectivity index (χ3n) is 5.11. The number of aryl methyl sites for hydroxylation is 1. The zero-order chi connectivity index (χ0) is 22.3. The van der Waals surface area contributed by atoms with Gasteiger partial charge in [0.1, 0.15) is 0 Å². The second kappa shape index (κ2) is 10.4. The summed E-state index contributed by atoms with van der Waals surface area (Å²) in [6.07, 6.45) is 3.63. The van der Waals surface area contributed by atoms with E-state index < -0.39 is 0 Å². The lowest BCUT2D eigenvalue weighted by atomic mass is 10.1. The molecular formula is C25H26N4O2S. The quantitative estimate of drug-likeness (QED) is 0.304. The number of nitrogens with zero attached hydrogens (tertiary/aromatic N) is 3. The Kier molecular flexibility index (Phi) is 7.19. The van der Waals surface area contributed by atoms with Gasteiger partial charge in [-0.3, -0.25) is 9.78 Å². The Balaban J connectivity index is 1.53. The van der Waals surface area contributed by atoms with E-state index in [0.717, 1.165) is 27.5 Å². The lowest BCUT2D eigenvalue weighted by molar-refractivity contribution is 0.0937. The van der Waals surface area contributed by atoms with Gasteiger partial charge in [0.15, 0.2) is 5.16 Å². The molecule has 0 aliphatic rings. The first-order valence-corrected chi connectivity index (χ1v) is 11.5. The van der Waals surface area contributed by atoms with E-state index in [4.69, 9.17) is 9.72 Å². The van der Waals surface area contributed by atoms with Gasteiger partial charge in [0, 0.05) is 31.2 Å². The lowest BCUT2D eigenvalue weighted by Gasteiger charge is -2.10. The molecule has 0 radical (unpaired) electrons. The molecule has 0 fully saturated rings. The van der Waals surface area contributed by atoms with Crippen LogP contribution in [0.4, 0.5) is 0 Å². The van der Waals surface area contributed by atoms with Gasteiger partial charge in [-0.1, -0.05) is 53.7 Å². The molecule has 6 nitrogen and oxygen atoms in total. The predicted molar refractivity (Wildman–Crippen MR) is 128 cm³/mol. The van der Waals surface area contributed by atoms with Crippen LogP contribution in [-0.2, 0) is 17.0 Å². The van der Waals surface area contributed by atoms with E-state index in [0.29, 0.717) is 25.3 Å². The zero-order valence-electron chi connectivity index (χ0n) is 18.2. The summed E-state index contributed by atoms with van der Waals surface area (Å²) in [5.74, 6) is 0.749. The van der Waals surface area contributed by atoms with Crippen molar-refractivity contribution in [3.05, 3.63) is 89.2 Å². The number of fused-ring (bicyclic) bond motifs is 1. The van der Waals surface area contributed by atoms with Gasteiger partial charge in [-0.25, -0.2) is 4.98 Å². The highest BCUT2D eigenvalue weighted by molar-refractivity contribution is 7.98. The molecule has 2 aromatic heterocycles. The van der Waals surface area contributed by atoms with Crippen LogP contribution in [0.3, 0.4) is 0 Å². The third-order valence-corrected chi connectivity index (χ3v) is 6.16. The Bertz CT molecular complexity index is 1200. The molecule has 0 atom stereocenters. The minimum atomic E-state index is -0.0970. The van der Waals surface area contributed by atoms with Crippen molar-refractivity contribution in [2.24, 2.45) is 0 Å². The van der Waals surface area contributed by atoms with E-state index in [-0.39, 0.29) is 5.91 Å². The molecule has 0 aliphatic heterocycles. The molecule has 164 valence electrons. The van der Waals surface area contributed by atoms with Crippen molar-refractivity contribution >= 4 is 28.7 Å². The number of carbonyl (C=O) groups excluding carboxylic acids is 1. The SMILES string of the molecule is COCCNC(=O)c1ccc(Cn2c(SCc3cccc(C)c3)nc3ccncc32)cc1. The highest BCUT2D eigenvalue weighted by Crippen LogP contribution is 2.27. The highest BCUT2D eigenvalue weighted by atomic mass is 32.2. The van der Waals surface area contributed by atoms with Crippen LogP contribution in [0.1, 0.15) is 27.0 Å². The van der Waals surface area contributed by atoms with Gasteiger partial charge in [0.05, 0.1) is 30.4 Å². The van der Waals surface area contributed by atoms with Crippen LogP contribution in [0, 0.1) is 6.92 Å². The number of nitrogens with one attached hydrogen (secondary N) is 1. The number of rotatable bonds is 9. The molecule has 0 aliphatic carbocycles. The Morgan fingerprint density at radius 2 is 1.97 bits per heavy atom. The normalized spacial score (nSPS) is 11.1. The van der Waals surface area contributed by atoms with Crippen LogP contribution in [-0.4, -0.2) is 40.7 Å². The zero-order valence-corrected chi connectivity index (χ0v) is 19.1. The Morgan fingerprint density at radius 3 is 2.75 bits per heavy atom. The van der Waals surface area contributed by atoms with E-state index >= 15 is 0 Å². The predicted octanol–water partition coefficient (Wildman–Crippen LogP) is 4.46. The highest BCUT2D eigenvalue weighted by Gasteiger charge is 2.13. The summed E-state index contributed by atoms with van der Waals surface area (Å²) < 4.78 is 7.17. The molecule has 7 heteroatoms. The van der Waals surface area contributed by atoms with Crippen molar-refractivity contribution in [2.75, 3.05) is 20.3 Å². The molecule has 1 N–H and O–H groups in total. The summed E-state index contributed by atoms with van der Waals surface area (Å²) >= 11 is 1.72. The topological polar surface area (TPSA) is 69.0 Å². The maximum Gasteiger partial charge on any atom is 0.251 e. The summed E-state index contributed by atoms with van der Waals surface area (Å²) in [6.45, 7) is 3.75. The molecular weight excluding hydrogens is 420 g/mol. The van der Waals surface area contributed by atoms with E-state index in [1.54, 1.807) is 25.1 Å². The van der Waals surface area contributed by atoms with Crippen LogP contribution >= 0.6 is 11.8 Å². The summed E-state index contributed by atoms with van der Waals surface area (Å²) in [5, 5.41) is 3.80. The fourth-order valence-electron chi connectivity index (χ4n) is 3.47. The monoisotopic (exact) mass is 446 g/mol. The lowest BCUT2D eigenvalue weighted by Crippen LogP contribution is -2.26. The van der Waals surface area contributed by atoms with Crippen molar-refractivity contribution in [1.29, 1.82) is 0 Å². The summed E-state index contributed by atoms with van der Waals surface area (Å²) in [4.78, 5) is 21.4. The van der Waals surface area contributed by atoms with Crippen molar-refractivity contribution in [3.63, 3.8) is 0 Å². The number of hydrogen-bond donors (Lipinski definition) is 1. The average Bonchev–Trinajstić information content (AvgIpc) is 3.16. The van der Waals surface area contributed by atoms with Gasteiger partial charge in [0.25, 0.3) is 5.91 Å². The summed E-state index contributed by atoms with van der Waals surface area (Å²) in [6, 6.07) is 18.2. The van der Waals surface area contributed by atoms with E-state index in [2.05, 4.69) is 46.1 Å². The molecule has 0 unspecified atom stereocenters. The minimum Gasteiger partial charge on any atom is -0.383 e. The Morgan fingerprint density at radius 1 is 1.12 bits per heavy atom. The number of aromatic nitrogens is 3. The fraction of sp³-hybridized carbons (Fsp3) is 0.240. The first-order chi connectivity index (χ1) is 15.6. The van der Waals surface area contributed by atoms with Crippen LogP contribution in [0.15, 0.2) is 72.1 Å². The van der Waals surface area contributed by atoms with E-state index in [1.165, 1.54) is 11.1 Å². The van der Waals surface area contributed by atoms with Gasteiger partial charge in [-0.15, -0.1) is 0 Å². The molecule has 0 saturated carbocycles. The van der Waals surface area contributed by atoms with Crippen LogP contribution in [0.5, 0.6) is 0 Å². The Hall–Kier alpha value is -3.16. The van der Waals surface area contributed by atoms with Crippen molar-refractivity contribution < 1.29 is 9.53 Å². The van der Waals surface area contributed by atoms with Crippen LogP contribution in [0.25, 0.3) is 11.0 Å². The number of pyridine rings is 1. The molecule has 4 rings (SSSR count). The van der Waals surface area contributed by atoms with Crippen LogP contribution in [0.2, 0.25) is 0 Å². The number of methoxy groups -OCH3 is 1. The molecule has 32 heavy (non-hydrogen) atoms.